The third-order valence-electron chi connectivity index (χ3n) is 3.16. The molecule has 0 N–H and O–H groups in total. The molecule has 0 fully saturated rings. The zero-order chi connectivity index (χ0) is 12.8. The highest BCUT2D eigenvalue weighted by Crippen LogP contribution is 2.42. The van der Waals surface area contributed by atoms with Gasteiger partial charge in [-0.1, -0.05) is 13.8 Å². The second-order valence-corrected chi connectivity index (χ2v) is 5.36. The summed E-state index contributed by atoms with van der Waals surface area (Å²) < 4.78 is 0. The smallest absolute Gasteiger partial charge is 0.224 e. The summed E-state index contributed by atoms with van der Waals surface area (Å²) in [7, 11) is 0. The molecule has 0 unspecified atom stereocenters. The van der Waals surface area contributed by atoms with Gasteiger partial charge >= 0.3 is 0 Å². The summed E-state index contributed by atoms with van der Waals surface area (Å²) in [5, 5.41) is 0.266. The fourth-order valence-corrected chi connectivity index (χ4v) is 2.52. The highest BCUT2D eigenvalue weighted by Gasteiger charge is 2.37. The molecule has 0 bridgehead atoms. The predicted molar refractivity (Wildman–Crippen MR) is 71.3 cm³/mol. The van der Waals surface area contributed by atoms with Crippen molar-refractivity contribution in [3.63, 3.8) is 0 Å². The number of anilines is 2. The molecular weight excluding hydrogens is 248 g/mol. The van der Waals surface area contributed by atoms with Crippen molar-refractivity contribution in [2.75, 3.05) is 11.4 Å². The molecule has 2 aromatic heterocycles. The van der Waals surface area contributed by atoms with Gasteiger partial charge in [0, 0.05) is 24.4 Å². The third-order valence-corrected chi connectivity index (χ3v) is 3.34. The van der Waals surface area contributed by atoms with Gasteiger partial charge in [-0.15, -0.1) is 0 Å². The monoisotopic (exact) mass is 260 g/mol. The minimum Gasteiger partial charge on any atom is -0.324 e. The van der Waals surface area contributed by atoms with E-state index in [1.54, 1.807) is 6.20 Å². The molecule has 92 valence electrons. The molecule has 1 aliphatic heterocycles. The Morgan fingerprint density at radius 1 is 1.22 bits per heavy atom. The van der Waals surface area contributed by atoms with Crippen molar-refractivity contribution in [3.8, 4) is 0 Å². The maximum absolute atomic E-state index is 5.86. The Labute approximate surface area is 111 Å². The molecule has 1 aliphatic rings. The number of nitrogens with zero attached hydrogens (tertiary/aromatic N) is 4. The molecular formula is C13H13ClN4. The third kappa shape index (κ3) is 1.73. The molecule has 2 aromatic rings. The molecule has 0 amide bonds. The number of fused-ring (bicyclic) bond motifs is 1. The standard InChI is InChI=1S/C13H13ClN4/c1-13(2)8-18(9-4-3-6-15-11(9)13)10-5-7-16-12(14)17-10/h3-7H,8H2,1-2H3. The summed E-state index contributed by atoms with van der Waals surface area (Å²) in [6.07, 6.45) is 3.50. The quantitative estimate of drug-likeness (QED) is 0.740. The molecule has 4 nitrogen and oxygen atoms in total. The van der Waals surface area contributed by atoms with Crippen molar-refractivity contribution in [3.05, 3.63) is 41.6 Å². The Hall–Kier alpha value is -1.68. The fourth-order valence-electron chi connectivity index (χ4n) is 2.37. The van der Waals surface area contributed by atoms with Gasteiger partial charge in [0.2, 0.25) is 5.28 Å². The van der Waals surface area contributed by atoms with Crippen molar-refractivity contribution in [2.45, 2.75) is 19.3 Å². The molecule has 0 atom stereocenters. The van der Waals surface area contributed by atoms with Gasteiger partial charge in [0.05, 0.1) is 11.4 Å². The van der Waals surface area contributed by atoms with E-state index in [9.17, 15) is 0 Å². The van der Waals surface area contributed by atoms with Crippen molar-refractivity contribution >= 4 is 23.1 Å². The van der Waals surface area contributed by atoms with Crippen LogP contribution in [0.3, 0.4) is 0 Å². The first-order valence-corrected chi connectivity index (χ1v) is 6.17. The Bertz CT molecular complexity index is 597. The Morgan fingerprint density at radius 3 is 2.83 bits per heavy atom. The Kier molecular flexibility index (Phi) is 2.48. The Morgan fingerprint density at radius 2 is 2.06 bits per heavy atom. The second-order valence-electron chi connectivity index (χ2n) is 5.03. The van der Waals surface area contributed by atoms with E-state index in [2.05, 4.69) is 39.8 Å². The van der Waals surface area contributed by atoms with Gasteiger partial charge in [0.25, 0.3) is 0 Å². The lowest BCUT2D eigenvalue weighted by Gasteiger charge is -2.20. The van der Waals surface area contributed by atoms with Crippen LogP contribution < -0.4 is 4.90 Å². The van der Waals surface area contributed by atoms with Gasteiger partial charge in [-0.3, -0.25) is 4.98 Å². The van der Waals surface area contributed by atoms with Crippen LogP contribution in [0.1, 0.15) is 19.5 Å². The molecule has 0 aromatic carbocycles. The molecule has 18 heavy (non-hydrogen) atoms. The molecule has 3 rings (SSSR count). The van der Waals surface area contributed by atoms with Gasteiger partial charge < -0.3 is 4.90 Å². The molecule has 0 aliphatic carbocycles. The van der Waals surface area contributed by atoms with Crippen molar-refractivity contribution in [1.29, 1.82) is 0 Å². The summed E-state index contributed by atoms with van der Waals surface area (Å²) in [6.45, 7) is 5.20. The van der Waals surface area contributed by atoms with Crippen LogP contribution in [0.2, 0.25) is 5.28 Å². The van der Waals surface area contributed by atoms with Gasteiger partial charge in [-0.25, -0.2) is 9.97 Å². The van der Waals surface area contributed by atoms with E-state index in [1.807, 2.05) is 18.3 Å². The molecule has 0 spiro atoms. The van der Waals surface area contributed by atoms with Crippen LogP contribution in [0.15, 0.2) is 30.6 Å². The lowest BCUT2D eigenvalue weighted by atomic mass is 9.91. The largest absolute Gasteiger partial charge is 0.324 e. The highest BCUT2D eigenvalue weighted by molar-refractivity contribution is 6.28. The van der Waals surface area contributed by atoms with E-state index in [1.165, 1.54) is 0 Å². The maximum Gasteiger partial charge on any atom is 0.224 e. The first-order chi connectivity index (χ1) is 8.58. The average Bonchev–Trinajstić information content (AvgIpc) is 2.63. The van der Waals surface area contributed by atoms with Gasteiger partial charge in [0.1, 0.15) is 5.82 Å². The van der Waals surface area contributed by atoms with E-state index in [-0.39, 0.29) is 10.7 Å². The lowest BCUT2D eigenvalue weighted by molar-refractivity contribution is 0.552. The van der Waals surface area contributed by atoms with Crippen LogP contribution in [0.5, 0.6) is 0 Å². The summed E-state index contributed by atoms with van der Waals surface area (Å²) in [5.41, 5.74) is 2.20. The van der Waals surface area contributed by atoms with Crippen LogP contribution >= 0.6 is 11.6 Å². The van der Waals surface area contributed by atoms with Gasteiger partial charge in [0.15, 0.2) is 0 Å². The van der Waals surface area contributed by atoms with Crippen LogP contribution in [0.25, 0.3) is 0 Å². The van der Waals surface area contributed by atoms with Crippen molar-refractivity contribution < 1.29 is 0 Å². The summed E-state index contributed by atoms with van der Waals surface area (Å²) in [6, 6.07) is 5.87. The minimum absolute atomic E-state index is 0.00796. The van der Waals surface area contributed by atoms with Crippen molar-refractivity contribution in [1.82, 2.24) is 15.0 Å². The first kappa shape index (κ1) is 11.4. The molecule has 0 radical (unpaired) electrons. The minimum atomic E-state index is 0.00796. The average molecular weight is 261 g/mol. The van der Waals surface area contributed by atoms with E-state index in [0.717, 1.165) is 23.7 Å². The zero-order valence-electron chi connectivity index (χ0n) is 10.3. The number of halogens is 1. The fraction of sp³-hybridized carbons (Fsp3) is 0.308. The van der Waals surface area contributed by atoms with E-state index < -0.39 is 0 Å². The van der Waals surface area contributed by atoms with Crippen molar-refractivity contribution in [2.24, 2.45) is 0 Å². The summed E-state index contributed by atoms with van der Waals surface area (Å²) in [5.74, 6) is 0.815. The molecule has 5 heteroatoms. The van der Waals surface area contributed by atoms with E-state index in [0.29, 0.717) is 0 Å². The lowest BCUT2D eigenvalue weighted by Crippen LogP contribution is -2.25. The predicted octanol–water partition coefficient (Wildman–Crippen LogP) is 2.95. The number of rotatable bonds is 1. The van der Waals surface area contributed by atoms with Crippen LogP contribution in [0.4, 0.5) is 11.5 Å². The number of hydrogen-bond donors (Lipinski definition) is 0. The van der Waals surface area contributed by atoms with Crippen LogP contribution in [0, 0.1) is 0 Å². The van der Waals surface area contributed by atoms with E-state index in [4.69, 9.17) is 11.6 Å². The number of aromatic nitrogens is 3. The second kappa shape index (κ2) is 3.92. The molecule has 0 saturated carbocycles. The van der Waals surface area contributed by atoms with Crippen LogP contribution in [-0.2, 0) is 5.41 Å². The summed E-state index contributed by atoms with van der Waals surface area (Å²) in [4.78, 5) is 14.8. The topological polar surface area (TPSA) is 41.9 Å². The molecule has 3 heterocycles. The number of hydrogen-bond acceptors (Lipinski definition) is 4. The van der Waals surface area contributed by atoms with E-state index >= 15 is 0 Å². The van der Waals surface area contributed by atoms with Crippen LogP contribution in [-0.4, -0.2) is 21.5 Å². The first-order valence-electron chi connectivity index (χ1n) is 5.79. The van der Waals surface area contributed by atoms with Gasteiger partial charge in [-0.05, 0) is 29.8 Å². The zero-order valence-corrected chi connectivity index (χ0v) is 11.0. The molecule has 0 saturated heterocycles. The Balaban J connectivity index is 2.11. The SMILES string of the molecule is CC1(C)CN(c2ccnc(Cl)n2)c2cccnc21. The number of pyridine rings is 1. The van der Waals surface area contributed by atoms with Gasteiger partial charge in [-0.2, -0.15) is 0 Å². The highest BCUT2D eigenvalue weighted by atomic mass is 35.5. The maximum atomic E-state index is 5.86. The summed E-state index contributed by atoms with van der Waals surface area (Å²) >= 11 is 5.86. The normalized spacial score (nSPS) is 16.7.